The molecule has 0 radical (unpaired) electrons. The quantitative estimate of drug-likeness (QED) is 0.478. The Kier molecular flexibility index (Phi) is 6.64. The van der Waals surface area contributed by atoms with Gasteiger partial charge in [-0.05, 0) is 36.9 Å². The summed E-state index contributed by atoms with van der Waals surface area (Å²) < 4.78 is 5.25. The molecule has 2 rings (SSSR count). The van der Waals surface area contributed by atoms with Gasteiger partial charge in [0.05, 0.1) is 11.9 Å². The number of carbonyl (C=O) groups excluding carboxylic acids is 1. The van der Waals surface area contributed by atoms with E-state index in [1.54, 1.807) is 13.0 Å². The van der Waals surface area contributed by atoms with Crippen LogP contribution in [-0.4, -0.2) is 30.0 Å². The summed E-state index contributed by atoms with van der Waals surface area (Å²) in [5.41, 5.74) is 1.93. The number of amides is 1. The van der Waals surface area contributed by atoms with Crippen molar-refractivity contribution in [3.05, 3.63) is 42.7 Å². The Morgan fingerprint density at radius 1 is 1.35 bits per heavy atom. The third kappa shape index (κ3) is 5.26. The van der Waals surface area contributed by atoms with Gasteiger partial charge >= 0.3 is 0 Å². The van der Waals surface area contributed by atoms with Gasteiger partial charge in [-0.2, -0.15) is 4.98 Å². The van der Waals surface area contributed by atoms with E-state index in [4.69, 9.17) is 4.74 Å². The number of hydrogen-bond donors (Lipinski definition) is 1. The lowest BCUT2D eigenvalue weighted by Crippen LogP contribution is -2.10. The minimum atomic E-state index is -0.222. The van der Waals surface area contributed by atoms with E-state index in [-0.39, 0.29) is 5.91 Å². The van der Waals surface area contributed by atoms with Gasteiger partial charge in [-0.25, -0.2) is 4.98 Å². The highest BCUT2D eigenvalue weighted by molar-refractivity contribution is 7.99. The molecule has 0 spiro atoms. The van der Waals surface area contributed by atoms with Crippen molar-refractivity contribution in [3.8, 4) is 17.7 Å². The van der Waals surface area contributed by atoms with Crippen molar-refractivity contribution in [1.29, 1.82) is 0 Å². The number of rotatable bonds is 6. The molecule has 7 heteroatoms. The zero-order chi connectivity index (χ0) is 19.1. The zero-order valence-corrected chi connectivity index (χ0v) is 16.0. The van der Waals surface area contributed by atoms with Crippen molar-refractivity contribution >= 4 is 29.2 Å². The van der Waals surface area contributed by atoms with Crippen LogP contribution in [0.5, 0.6) is 5.88 Å². The van der Waals surface area contributed by atoms with Crippen LogP contribution < -0.4 is 15.0 Å². The second kappa shape index (κ2) is 8.92. The molecule has 0 saturated carbocycles. The first-order valence-corrected chi connectivity index (χ1v) is 8.60. The first kappa shape index (κ1) is 19.3. The van der Waals surface area contributed by atoms with E-state index in [2.05, 4.69) is 33.7 Å². The average molecular weight is 368 g/mol. The molecule has 0 atom stereocenters. The molecule has 0 fully saturated rings. The first-order valence-electron chi connectivity index (χ1n) is 7.79. The van der Waals surface area contributed by atoms with Crippen LogP contribution in [0.1, 0.15) is 19.4 Å². The van der Waals surface area contributed by atoms with Crippen LogP contribution in [0.25, 0.3) is 0 Å². The second-order valence-corrected chi connectivity index (χ2v) is 6.40. The molecule has 2 aromatic rings. The fourth-order valence-corrected chi connectivity index (χ4v) is 3.07. The largest absolute Gasteiger partial charge is 0.447 e. The van der Waals surface area contributed by atoms with Gasteiger partial charge in [-0.15, -0.1) is 5.92 Å². The lowest BCUT2D eigenvalue weighted by atomic mass is 10.2. The van der Waals surface area contributed by atoms with Gasteiger partial charge in [-0.3, -0.25) is 4.79 Å². The average Bonchev–Trinajstić information content (AvgIpc) is 2.55. The van der Waals surface area contributed by atoms with Gasteiger partial charge in [0.1, 0.15) is 5.82 Å². The fourth-order valence-electron chi connectivity index (χ4n) is 2.11. The van der Waals surface area contributed by atoms with Crippen molar-refractivity contribution < 1.29 is 9.53 Å². The monoisotopic (exact) mass is 368 g/mol. The number of hydrogen-bond acceptors (Lipinski definition) is 6. The van der Waals surface area contributed by atoms with Crippen LogP contribution in [0.3, 0.4) is 0 Å². The van der Waals surface area contributed by atoms with E-state index < -0.39 is 0 Å². The fraction of sp³-hybridized carbons (Fsp3) is 0.211. The first-order chi connectivity index (χ1) is 12.4. The highest BCUT2D eigenvalue weighted by Gasteiger charge is 2.12. The summed E-state index contributed by atoms with van der Waals surface area (Å²) in [5.74, 6) is 6.41. The smallest absolute Gasteiger partial charge is 0.224 e. The third-order valence-corrected chi connectivity index (χ3v) is 4.03. The molecule has 0 saturated heterocycles. The standard InChI is InChI=1S/C19H20N4O2S/c1-6-8-14-9-10-16(15(11-14)23(4)5)26-19-21-17(20-13(3)24)12-18(22-19)25-7-2/h7,9-12H,2H2,1,3-5H3,(H,20,21,22,24). The Labute approximate surface area is 157 Å². The summed E-state index contributed by atoms with van der Waals surface area (Å²) in [5, 5.41) is 3.10. The Hall–Kier alpha value is -2.98. The molecule has 0 aliphatic heterocycles. The molecule has 0 aliphatic carbocycles. The highest BCUT2D eigenvalue weighted by atomic mass is 32.2. The summed E-state index contributed by atoms with van der Waals surface area (Å²) in [6.07, 6.45) is 1.28. The van der Waals surface area contributed by atoms with Crippen molar-refractivity contribution in [3.63, 3.8) is 0 Å². The maximum atomic E-state index is 11.3. The minimum absolute atomic E-state index is 0.222. The number of nitrogens with one attached hydrogen (secondary N) is 1. The molecule has 0 bridgehead atoms. The van der Waals surface area contributed by atoms with E-state index in [1.807, 2.05) is 37.2 Å². The van der Waals surface area contributed by atoms with Crippen LogP contribution in [0.2, 0.25) is 0 Å². The molecular formula is C19H20N4O2S. The Morgan fingerprint density at radius 2 is 2.12 bits per heavy atom. The van der Waals surface area contributed by atoms with E-state index in [0.29, 0.717) is 16.9 Å². The number of benzene rings is 1. The minimum Gasteiger partial charge on any atom is -0.447 e. The van der Waals surface area contributed by atoms with Crippen LogP contribution in [-0.2, 0) is 4.79 Å². The van der Waals surface area contributed by atoms with E-state index >= 15 is 0 Å². The molecule has 1 amide bonds. The van der Waals surface area contributed by atoms with Gasteiger partial charge in [0.15, 0.2) is 5.16 Å². The lowest BCUT2D eigenvalue weighted by molar-refractivity contribution is -0.114. The van der Waals surface area contributed by atoms with Gasteiger partial charge in [0.25, 0.3) is 0 Å². The van der Waals surface area contributed by atoms with Gasteiger partial charge in [-0.1, -0.05) is 12.5 Å². The Balaban J connectivity index is 2.42. The number of anilines is 2. The summed E-state index contributed by atoms with van der Waals surface area (Å²) in [6, 6.07) is 7.48. The maximum Gasteiger partial charge on any atom is 0.224 e. The molecular weight excluding hydrogens is 348 g/mol. The summed E-state index contributed by atoms with van der Waals surface area (Å²) in [6.45, 7) is 6.75. The molecule has 6 nitrogen and oxygen atoms in total. The predicted molar refractivity (Wildman–Crippen MR) is 105 cm³/mol. The van der Waals surface area contributed by atoms with Crippen LogP contribution >= 0.6 is 11.8 Å². The summed E-state index contributed by atoms with van der Waals surface area (Å²) in [4.78, 5) is 23.0. The topological polar surface area (TPSA) is 67.3 Å². The summed E-state index contributed by atoms with van der Waals surface area (Å²) in [7, 11) is 3.92. The van der Waals surface area contributed by atoms with Gasteiger partial charge in [0.2, 0.25) is 11.8 Å². The lowest BCUT2D eigenvalue weighted by Gasteiger charge is -2.17. The van der Waals surface area contributed by atoms with Crippen LogP contribution in [0.4, 0.5) is 11.5 Å². The Morgan fingerprint density at radius 3 is 2.73 bits per heavy atom. The molecule has 1 aromatic carbocycles. The number of aromatic nitrogens is 2. The molecule has 134 valence electrons. The van der Waals surface area contributed by atoms with E-state index in [9.17, 15) is 4.79 Å². The van der Waals surface area contributed by atoms with E-state index in [0.717, 1.165) is 16.1 Å². The Bertz CT molecular complexity index is 885. The second-order valence-electron chi connectivity index (χ2n) is 5.39. The van der Waals surface area contributed by atoms with Crippen molar-refractivity contribution in [2.24, 2.45) is 0 Å². The molecule has 0 aliphatic rings. The van der Waals surface area contributed by atoms with Crippen LogP contribution in [0, 0.1) is 11.8 Å². The summed E-state index contributed by atoms with van der Waals surface area (Å²) >= 11 is 1.37. The number of nitrogens with zero attached hydrogens (tertiary/aromatic N) is 3. The molecule has 0 unspecified atom stereocenters. The SMILES string of the molecule is C=COc1cc(NC(C)=O)nc(Sc2ccc(C#CC)cc2N(C)C)n1. The maximum absolute atomic E-state index is 11.3. The van der Waals surface area contributed by atoms with E-state index in [1.165, 1.54) is 24.9 Å². The highest BCUT2D eigenvalue weighted by Crippen LogP contribution is 2.35. The van der Waals surface area contributed by atoms with Crippen molar-refractivity contribution in [1.82, 2.24) is 9.97 Å². The molecule has 1 heterocycles. The van der Waals surface area contributed by atoms with Gasteiger partial charge < -0.3 is 15.0 Å². The molecule has 1 N–H and O–H groups in total. The van der Waals surface area contributed by atoms with Crippen molar-refractivity contribution in [2.45, 2.75) is 23.9 Å². The molecule has 26 heavy (non-hydrogen) atoms. The predicted octanol–water partition coefficient (Wildman–Crippen LogP) is 3.55. The van der Waals surface area contributed by atoms with Gasteiger partial charge in [0, 0.05) is 37.5 Å². The zero-order valence-electron chi connectivity index (χ0n) is 15.2. The van der Waals surface area contributed by atoms with Crippen LogP contribution in [0.15, 0.2) is 47.2 Å². The third-order valence-electron chi connectivity index (χ3n) is 3.10. The van der Waals surface area contributed by atoms with Crippen molar-refractivity contribution in [2.75, 3.05) is 24.3 Å². The molecule has 1 aromatic heterocycles. The number of carbonyl (C=O) groups is 1. The normalized spacial score (nSPS) is 9.69. The number of ether oxygens (including phenoxy) is 1.